The van der Waals surface area contributed by atoms with Gasteiger partial charge in [0.1, 0.15) is 12.7 Å². The predicted octanol–water partition coefficient (Wildman–Crippen LogP) is 2.01. The molecule has 0 saturated carbocycles. The third-order valence-electron chi connectivity index (χ3n) is 5.56. The summed E-state index contributed by atoms with van der Waals surface area (Å²) in [6.07, 6.45) is -4.36. The van der Waals surface area contributed by atoms with E-state index < -0.39 is 29.4 Å². The molecule has 11 heteroatoms. The lowest BCUT2D eigenvalue weighted by Crippen LogP contribution is -2.62. The molecule has 164 valence electrons. The highest BCUT2D eigenvalue weighted by Gasteiger charge is 2.39. The normalized spacial score (nSPS) is 26.9. The van der Waals surface area contributed by atoms with Gasteiger partial charge in [-0.3, -0.25) is 4.79 Å². The van der Waals surface area contributed by atoms with Crippen LogP contribution in [0.1, 0.15) is 18.4 Å². The first-order valence-electron chi connectivity index (χ1n) is 9.69. The largest absolute Gasteiger partial charge is 0.485 e. The number of benzene rings is 1. The number of halogens is 4. The Balaban J connectivity index is 1.36. The summed E-state index contributed by atoms with van der Waals surface area (Å²) in [6.45, 7) is 1.30. The van der Waals surface area contributed by atoms with Crippen LogP contribution in [-0.2, 0) is 15.7 Å². The Bertz CT molecular complexity index is 834. The Morgan fingerprint density at radius 3 is 2.67 bits per heavy atom. The molecule has 0 radical (unpaired) electrons. The van der Waals surface area contributed by atoms with Crippen molar-refractivity contribution in [2.75, 3.05) is 32.8 Å². The van der Waals surface area contributed by atoms with Gasteiger partial charge in [0.15, 0.2) is 11.6 Å². The number of piperidine rings is 1. The number of carbonyl (C=O) groups is 2. The predicted molar refractivity (Wildman–Crippen MR) is 95.3 cm³/mol. The molecule has 3 fully saturated rings. The topological polar surface area (TPSA) is 71.1 Å². The average molecular weight is 431 g/mol. The number of carbonyl (C=O) groups excluding carboxylic acids is 2. The van der Waals surface area contributed by atoms with Crippen LogP contribution in [0.2, 0.25) is 0 Å². The summed E-state index contributed by atoms with van der Waals surface area (Å²) in [5.74, 6) is -1.59. The zero-order valence-corrected chi connectivity index (χ0v) is 16.0. The minimum atomic E-state index is -4.60. The summed E-state index contributed by atoms with van der Waals surface area (Å²) in [5.41, 5.74) is -0.996. The van der Waals surface area contributed by atoms with Gasteiger partial charge in [0.05, 0.1) is 24.3 Å². The summed E-state index contributed by atoms with van der Waals surface area (Å²) in [4.78, 5) is 27.5. The van der Waals surface area contributed by atoms with E-state index in [1.807, 2.05) is 0 Å². The third kappa shape index (κ3) is 4.30. The molecule has 0 aliphatic carbocycles. The van der Waals surface area contributed by atoms with Gasteiger partial charge < -0.3 is 24.6 Å². The lowest BCUT2D eigenvalue weighted by atomic mass is 10.0. The van der Waals surface area contributed by atoms with E-state index in [9.17, 15) is 27.2 Å². The lowest BCUT2D eigenvalue weighted by Gasteiger charge is -2.42. The van der Waals surface area contributed by atoms with Gasteiger partial charge in [0.2, 0.25) is 5.91 Å². The summed E-state index contributed by atoms with van der Waals surface area (Å²) < 4.78 is 63.4. The molecule has 30 heavy (non-hydrogen) atoms. The van der Waals surface area contributed by atoms with E-state index in [1.54, 1.807) is 4.90 Å². The number of nitrogens with zero attached hydrogens (tertiary/aromatic N) is 2. The van der Waals surface area contributed by atoms with Crippen molar-refractivity contribution < 1.29 is 36.6 Å². The monoisotopic (exact) mass is 431 g/mol. The van der Waals surface area contributed by atoms with E-state index in [1.165, 1.54) is 4.90 Å². The van der Waals surface area contributed by atoms with Gasteiger partial charge in [-0.1, -0.05) is 0 Å². The van der Waals surface area contributed by atoms with Crippen molar-refractivity contribution in [2.45, 2.75) is 37.3 Å². The summed E-state index contributed by atoms with van der Waals surface area (Å²) in [5, 5.41) is 2.82. The fourth-order valence-electron chi connectivity index (χ4n) is 4.02. The van der Waals surface area contributed by atoms with Gasteiger partial charge in [-0.2, -0.15) is 13.2 Å². The third-order valence-corrected chi connectivity index (χ3v) is 5.56. The van der Waals surface area contributed by atoms with Crippen LogP contribution in [0.3, 0.4) is 0 Å². The zero-order chi connectivity index (χ0) is 21.5. The molecular formula is C19H21F4N3O4. The Labute approximate surface area is 169 Å². The zero-order valence-electron chi connectivity index (χ0n) is 16.0. The highest BCUT2D eigenvalue weighted by molar-refractivity contribution is 5.79. The van der Waals surface area contributed by atoms with Crippen molar-refractivity contribution in [2.24, 2.45) is 0 Å². The molecule has 3 heterocycles. The second kappa shape index (κ2) is 7.93. The molecule has 7 nitrogen and oxygen atoms in total. The second-order valence-corrected chi connectivity index (χ2v) is 7.66. The number of hydrogen-bond acceptors (Lipinski definition) is 4. The molecule has 3 atom stereocenters. The van der Waals surface area contributed by atoms with Crippen molar-refractivity contribution in [3.8, 4) is 5.75 Å². The van der Waals surface area contributed by atoms with E-state index in [4.69, 9.17) is 9.47 Å². The number of urea groups is 1. The van der Waals surface area contributed by atoms with Crippen LogP contribution in [0, 0.1) is 5.82 Å². The molecule has 1 aromatic rings. The fraction of sp³-hybridized carbons (Fsp3) is 0.579. The van der Waals surface area contributed by atoms with E-state index in [0.29, 0.717) is 44.6 Å². The number of alkyl halides is 3. The summed E-state index contributed by atoms with van der Waals surface area (Å²) in [6, 6.07) is 1.50. The molecule has 1 N–H and O–H groups in total. The van der Waals surface area contributed by atoms with Gasteiger partial charge in [-0.25, -0.2) is 9.18 Å². The van der Waals surface area contributed by atoms with Gasteiger partial charge >= 0.3 is 12.2 Å². The first kappa shape index (κ1) is 20.7. The Morgan fingerprint density at radius 2 is 1.90 bits per heavy atom. The van der Waals surface area contributed by atoms with Crippen LogP contribution in [0.25, 0.3) is 0 Å². The molecule has 0 bridgehead atoms. The molecule has 3 aliphatic heterocycles. The van der Waals surface area contributed by atoms with Crippen LogP contribution in [0.5, 0.6) is 5.75 Å². The molecule has 3 amide bonds. The van der Waals surface area contributed by atoms with Crippen LogP contribution < -0.4 is 10.1 Å². The van der Waals surface area contributed by atoms with Crippen molar-refractivity contribution in [1.29, 1.82) is 0 Å². The van der Waals surface area contributed by atoms with Crippen molar-refractivity contribution in [1.82, 2.24) is 15.1 Å². The summed E-state index contributed by atoms with van der Waals surface area (Å²) >= 11 is 0. The van der Waals surface area contributed by atoms with E-state index in [0.717, 1.165) is 6.07 Å². The number of morpholine rings is 1. The molecule has 0 unspecified atom stereocenters. The van der Waals surface area contributed by atoms with Gasteiger partial charge in [-0.15, -0.1) is 0 Å². The fourth-order valence-corrected chi connectivity index (χ4v) is 4.02. The van der Waals surface area contributed by atoms with Crippen molar-refractivity contribution in [3.05, 3.63) is 29.6 Å². The number of fused-ring (bicyclic) bond motifs is 1. The lowest BCUT2D eigenvalue weighted by molar-refractivity contribution is -0.140. The van der Waals surface area contributed by atoms with Gasteiger partial charge in [-0.05, 0) is 24.6 Å². The highest BCUT2D eigenvalue weighted by atomic mass is 19.4. The molecule has 3 saturated heterocycles. The van der Waals surface area contributed by atoms with Crippen LogP contribution in [0.4, 0.5) is 22.4 Å². The minimum Gasteiger partial charge on any atom is -0.485 e. The SMILES string of the molecule is O=C1CO[C@H]2CCN(C(=O)N3CC[C@H](Oc4cc(C(F)(F)F)ccc4F)C3)C[C@H]2N1. The first-order valence-corrected chi connectivity index (χ1v) is 9.69. The van der Waals surface area contributed by atoms with Crippen LogP contribution >= 0.6 is 0 Å². The number of nitrogens with one attached hydrogen (secondary N) is 1. The number of rotatable bonds is 2. The van der Waals surface area contributed by atoms with Gasteiger partial charge in [0, 0.05) is 26.1 Å². The van der Waals surface area contributed by atoms with Gasteiger partial charge in [0.25, 0.3) is 0 Å². The number of likely N-dealkylation sites (tertiary alicyclic amines) is 2. The van der Waals surface area contributed by atoms with Crippen LogP contribution in [-0.4, -0.2) is 72.8 Å². The average Bonchev–Trinajstić information content (AvgIpc) is 3.16. The van der Waals surface area contributed by atoms with E-state index in [-0.39, 0.29) is 37.2 Å². The van der Waals surface area contributed by atoms with E-state index >= 15 is 0 Å². The number of ether oxygens (including phenoxy) is 2. The first-order chi connectivity index (χ1) is 14.2. The molecule has 0 spiro atoms. The quantitative estimate of drug-likeness (QED) is 0.728. The Morgan fingerprint density at radius 1 is 1.17 bits per heavy atom. The molecule has 1 aromatic carbocycles. The maximum Gasteiger partial charge on any atom is 0.416 e. The minimum absolute atomic E-state index is 0.0202. The second-order valence-electron chi connectivity index (χ2n) is 7.66. The molecule has 0 aromatic heterocycles. The number of amides is 3. The van der Waals surface area contributed by atoms with Crippen LogP contribution in [0.15, 0.2) is 18.2 Å². The summed E-state index contributed by atoms with van der Waals surface area (Å²) in [7, 11) is 0. The molecule has 4 rings (SSSR count). The molecule has 3 aliphatic rings. The Hall–Kier alpha value is -2.56. The van der Waals surface area contributed by atoms with Crippen molar-refractivity contribution >= 4 is 11.9 Å². The van der Waals surface area contributed by atoms with Crippen molar-refractivity contribution in [3.63, 3.8) is 0 Å². The maximum absolute atomic E-state index is 13.9. The highest BCUT2D eigenvalue weighted by Crippen LogP contribution is 2.33. The Kier molecular flexibility index (Phi) is 5.48. The van der Waals surface area contributed by atoms with E-state index in [2.05, 4.69) is 5.32 Å². The standard InChI is InChI=1S/C19H21F4N3O4/c20-13-2-1-11(19(21,22)23)7-16(13)30-12-3-5-25(8-12)18(28)26-6-4-15-14(9-26)24-17(27)10-29-15/h1-2,7,12,14-15H,3-6,8-10H2,(H,24,27)/t12-,14+,15-/m0/s1. The maximum atomic E-state index is 13.9. The molecular weight excluding hydrogens is 410 g/mol. The smallest absolute Gasteiger partial charge is 0.416 e. The number of hydrogen-bond donors (Lipinski definition) is 1.